The Bertz CT molecular complexity index is 236. The number of thioether (sulfide) groups is 1. The van der Waals surface area contributed by atoms with Crippen LogP contribution in [-0.2, 0) is 0 Å². The van der Waals surface area contributed by atoms with Crippen LogP contribution in [0.1, 0.15) is 12.8 Å². The van der Waals surface area contributed by atoms with Crippen LogP contribution in [0.25, 0.3) is 0 Å². The minimum Gasteiger partial charge on any atom is -0.137 e. The van der Waals surface area contributed by atoms with Crippen LogP contribution >= 0.6 is 23.1 Å². The van der Waals surface area contributed by atoms with Crippen molar-refractivity contribution in [3.05, 3.63) is 29.7 Å². The molecule has 0 N–H and O–H groups in total. The van der Waals surface area contributed by atoms with Crippen molar-refractivity contribution < 1.29 is 0 Å². The van der Waals surface area contributed by atoms with Crippen molar-refractivity contribution in [2.75, 3.05) is 0 Å². The second-order valence-electron chi connectivity index (χ2n) is 2.59. The summed E-state index contributed by atoms with van der Waals surface area (Å²) in [6.07, 6.45) is 7.20. The van der Waals surface area contributed by atoms with Gasteiger partial charge in [-0.25, -0.2) is 0 Å². The summed E-state index contributed by atoms with van der Waals surface area (Å²) in [6.45, 7) is 0. The van der Waals surface area contributed by atoms with Crippen LogP contribution in [0.4, 0.5) is 0 Å². The van der Waals surface area contributed by atoms with Gasteiger partial charge in [-0.05, 0) is 24.3 Å². The molecule has 0 bridgehead atoms. The predicted octanol–water partition coefficient (Wildman–Crippen LogP) is 3.56. The summed E-state index contributed by atoms with van der Waals surface area (Å²) in [6, 6.07) is 4.31. The second kappa shape index (κ2) is 3.46. The summed E-state index contributed by atoms with van der Waals surface area (Å²) >= 11 is 3.83. The van der Waals surface area contributed by atoms with Crippen LogP contribution in [0, 0.1) is 0 Å². The maximum atomic E-state index is 2.32. The fraction of sp³-hybridized carbons (Fsp3) is 0.333. The van der Waals surface area contributed by atoms with Crippen molar-refractivity contribution in [3.8, 4) is 0 Å². The lowest BCUT2D eigenvalue weighted by molar-refractivity contribution is 0.944. The van der Waals surface area contributed by atoms with Gasteiger partial charge < -0.3 is 0 Å². The molecule has 0 fully saturated rings. The molecule has 0 aliphatic heterocycles. The van der Waals surface area contributed by atoms with Gasteiger partial charge in [-0.3, -0.25) is 0 Å². The van der Waals surface area contributed by atoms with Crippen LogP contribution in [-0.4, -0.2) is 5.25 Å². The van der Waals surface area contributed by atoms with Crippen molar-refractivity contribution in [3.63, 3.8) is 0 Å². The van der Waals surface area contributed by atoms with Crippen LogP contribution < -0.4 is 0 Å². The molecule has 1 aliphatic rings. The Labute approximate surface area is 75.3 Å². The van der Waals surface area contributed by atoms with Gasteiger partial charge in [-0.1, -0.05) is 18.2 Å². The zero-order valence-corrected chi connectivity index (χ0v) is 7.83. The number of hydrogen-bond acceptors (Lipinski definition) is 2. The highest BCUT2D eigenvalue weighted by Crippen LogP contribution is 2.33. The maximum Gasteiger partial charge on any atom is 0.0604 e. The van der Waals surface area contributed by atoms with Gasteiger partial charge in [0.05, 0.1) is 4.21 Å². The molecule has 1 heterocycles. The Balaban J connectivity index is 1.95. The average molecular weight is 182 g/mol. The largest absolute Gasteiger partial charge is 0.137 e. The number of hydrogen-bond donors (Lipinski definition) is 0. The first-order valence-electron chi connectivity index (χ1n) is 3.82. The first-order chi connectivity index (χ1) is 5.45. The highest BCUT2D eigenvalue weighted by molar-refractivity contribution is 8.01. The van der Waals surface area contributed by atoms with Crippen LogP contribution in [0.5, 0.6) is 0 Å². The first kappa shape index (κ1) is 7.44. The highest BCUT2D eigenvalue weighted by atomic mass is 32.2. The van der Waals surface area contributed by atoms with Crippen molar-refractivity contribution in [2.24, 2.45) is 0 Å². The fourth-order valence-electron chi connectivity index (χ4n) is 1.18. The summed E-state index contributed by atoms with van der Waals surface area (Å²) in [5, 5.41) is 2.88. The van der Waals surface area contributed by atoms with E-state index in [0.29, 0.717) is 0 Å². The third-order valence-corrected chi connectivity index (χ3v) is 4.03. The van der Waals surface area contributed by atoms with E-state index < -0.39 is 0 Å². The molecule has 0 spiro atoms. The van der Waals surface area contributed by atoms with Crippen molar-refractivity contribution in [1.82, 2.24) is 0 Å². The van der Waals surface area contributed by atoms with Gasteiger partial charge in [0, 0.05) is 5.25 Å². The summed E-state index contributed by atoms with van der Waals surface area (Å²) in [4.78, 5) is 0. The summed E-state index contributed by atoms with van der Waals surface area (Å²) < 4.78 is 1.45. The quantitative estimate of drug-likeness (QED) is 0.630. The molecule has 0 saturated heterocycles. The minimum absolute atomic E-state index is 0.744. The van der Waals surface area contributed by atoms with Crippen LogP contribution in [0.15, 0.2) is 33.9 Å². The van der Waals surface area contributed by atoms with Gasteiger partial charge in [0.15, 0.2) is 0 Å². The summed E-state index contributed by atoms with van der Waals surface area (Å²) in [5.74, 6) is 0. The summed E-state index contributed by atoms with van der Waals surface area (Å²) in [7, 11) is 0. The molecule has 1 atom stereocenters. The molecule has 0 amide bonds. The van der Waals surface area contributed by atoms with Gasteiger partial charge in [0.2, 0.25) is 0 Å². The van der Waals surface area contributed by atoms with Gasteiger partial charge >= 0.3 is 0 Å². The number of thiophene rings is 1. The lowest BCUT2D eigenvalue weighted by Gasteiger charge is -2.02. The molecular formula is C9H10S2. The molecule has 1 aliphatic carbocycles. The van der Waals surface area contributed by atoms with Crippen LogP contribution in [0.3, 0.4) is 0 Å². The van der Waals surface area contributed by atoms with Gasteiger partial charge in [-0.2, -0.15) is 0 Å². The van der Waals surface area contributed by atoms with E-state index in [2.05, 4.69) is 29.7 Å². The third kappa shape index (κ3) is 1.88. The molecule has 2 heteroatoms. The molecule has 1 unspecified atom stereocenters. The van der Waals surface area contributed by atoms with E-state index in [0.717, 1.165) is 5.25 Å². The molecule has 1 aromatic rings. The van der Waals surface area contributed by atoms with E-state index >= 15 is 0 Å². The topological polar surface area (TPSA) is 0 Å². The van der Waals surface area contributed by atoms with E-state index in [-0.39, 0.29) is 0 Å². The van der Waals surface area contributed by atoms with E-state index in [1.807, 2.05) is 23.1 Å². The van der Waals surface area contributed by atoms with E-state index in [1.165, 1.54) is 17.1 Å². The molecule has 2 rings (SSSR count). The monoisotopic (exact) mass is 182 g/mol. The Hall–Kier alpha value is -0.210. The highest BCUT2D eigenvalue weighted by Gasteiger charge is 2.10. The van der Waals surface area contributed by atoms with Crippen LogP contribution in [0.2, 0.25) is 0 Å². The molecule has 0 aromatic carbocycles. The lowest BCUT2D eigenvalue weighted by Crippen LogP contribution is -1.89. The third-order valence-electron chi connectivity index (χ3n) is 1.73. The van der Waals surface area contributed by atoms with E-state index in [4.69, 9.17) is 0 Å². The zero-order valence-electron chi connectivity index (χ0n) is 6.19. The molecule has 58 valence electrons. The van der Waals surface area contributed by atoms with E-state index in [9.17, 15) is 0 Å². The molecule has 0 saturated carbocycles. The van der Waals surface area contributed by atoms with Gasteiger partial charge in [0.1, 0.15) is 0 Å². The Kier molecular flexibility index (Phi) is 2.34. The maximum absolute atomic E-state index is 2.32. The van der Waals surface area contributed by atoms with Crippen molar-refractivity contribution >= 4 is 23.1 Å². The predicted molar refractivity (Wildman–Crippen MR) is 52.3 cm³/mol. The average Bonchev–Trinajstić information content (AvgIpc) is 2.60. The molecular weight excluding hydrogens is 172 g/mol. The zero-order chi connectivity index (χ0) is 7.52. The van der Waals surface area contributed by atoms with Gasteiger partial charge in [-0.15, -0.1) is 23.1 Å². The smallest absolute Gasteiger partial charge is 0.0604 e. The van der Waals surface area contributed by atoms with E-state index in [1.54, 1.807) is 0 Å². The van der Waals surface area contributed by atoms with Crippen molar-refractivity contribution in [1.29, 1.82) is 0 Å². The normalized spacial score (nSPS) is 22.7. The Morgan fingerprint density at radius 2 is 2.55 bits per heavy atom. The Morgan fingerprint density at radius 1 is 1.55 bits per heavy atom. The number of allylic oxidation sites excluding steroid dienone is 1. The SMILES string of the molecule is C1=CC(Sc2cccs2)CC1. The standard InChI is InChI=1S/C9H10S2/c1-2-5-8(4-1)11-9-6-3-7-10-9/h1,3-4,6-8H,2,5H2. The molecule has 1 aromatic heterocycles. The molecule has 0 radical (unpaired) electrons. The minimum atomic E-state index is 0.744. The first-order valence-corrected chi connectivity index (χ1v) is 5.58. The van der Waals surface area contributed by atoms with Gasteiger partial charge in [0.25, 0.3) is 0 Å². The molecule has 0 nitrogen and oxygen atoms in total. The summed E-state index contributed by atoms with van der Waals surface area (Å²) in [5.41, 5.74) is 0. The number of rotatable bonds is 2. The van der Waals surface area contributed by atoms with Crippen molar-refractivity contribution in [2.45, 2.75) is 22.3 Å². The molecule has 11 heavy (non-hydrogen) atoms. The Morgan fingerprint density at radius 3 is 3.18 bits per heavy atom. The fourth-order valence-corrected chi connectivity index (χ4v) is 3.29. The lowest BCUT2D eigenvalue weighted by atomic mass is 10.4. The second-order valence-corrected chi connectivity index (χ2v) is 5.08.